The lowest BCUT2D eigenvalue weighted by Gasteiger charge is -2.21. The maximum absolute atomic E-state index is 11.6. The van der Waals surface area contributed by atoms with Crippen LogP contribution in [0, 0.1) is 0 Å². The van der Waals surface area contributed by atoms with Crippen molar-refractivity contribution in [3.8, 4) is 0 Å². The maximum atomic E-state index is 11.6. The Morgan fingerprint density at radius 1 is 0.913 bits per heavy atom. The van der Waals surface area contributed by atoms with Crippen LogP contribution in [0.25, 0.3) is 0 Å². The summed E-state index contributed by atoms with van der Waals surface area (Å²) in [7, 11) is 1.88. The number of nitrogens with one attached hydrogen (secondary N) is 1. The molecule has 0 amide bonds. The van der Waals surface area contributed by atoms with Crippen molar-refractivity contribution in [2.24, 2.45) is 0 Å². The Morgan fingerprint density at radius 2 is 1.39 bits per heavy atom. The SMILES string of the molecule is CNCCN(CCC(=O)OCCSC)CCC(=O)OCCSC. The molecule has 8 heteroatoms. The van der Waals surface area contributed by atoms with E-state index in [4.69, 9.17) is 9.47 Å². The molecule has 0 saturated carbocycles. The number of likely N-dealkylation sites (N-methyl/N-ethyl adjacent to an activating group) is 1. The molecule has 0 saturated heterocycles. The molecule has 0 heterocycles. The fourth-order valence-electron chi connectivity index (χ4n) is 1.73. The number of carbonyl (C=O) groups excluding carboxylic acids is 2. The van der Waals surface area contributed by atoms with E-state index in [1.165, 1.54) is 0 Å². The van der Waals surface area contributed by atoms with Crippen LogP contribution in [0.1, 0.15) is 12.8 Å². The molecular weight excluding hydrogens is 336 g/mol. The first-order chi connectivity index (χ1) is 11.1. The molecule has 0 aliphatic carbocycles. The van der Waals surface area contributed by atoms with E-state index in [2.05, 4.69) is 10.2 Å². The zero-order valence-electron chi connectivity index (χ0n) is 14.5. The molecule has 0 atom stereocenters. The van der Waals surface area contributed by atoms with Crippen LogP contribution < -0.4 is 5.32 Å². The summed E-state index contributed by atoms with van der Waals surface area (Å²) in [6.45, 7) is 3.70. The van der Waals surface area contributed by atoms with Crippen molar-refractivity contribution >= 4 is 35.5 Å². The summed E-state index contributed by atoms with van der Waals surface area (Å²) in [5.74, 6) is 1.26. The maximum Gasteiger partial charge on any atom is 0.307 e. The quantitative estimate of drug-likeness (QED) is 0.341. The van der Waals surface area contributed by atoms with Crippen LogP contribution in [-0.2, 0) is 19.1 Å². The predicted molar refractivity (Wildman–Crippen MR) is 98.3 cm³/mol. The molecule has 23 heavy (non-hydrogen) atoms. The Kier molecular flexibility index (Phi) is 16.1. The molecule has 6 nitrogen and oxygen atoms in total. The Bertz CT molecular complexity index is 294. The molecule has 0 rings (SSSR count). The molecule has 0 aliphatic rings. The van der Waals surface area contributed by atoms with Crippen LogP contribution in [0.15, 0.2) is 0 Å². The van der Waals surface area contributed by atoms with Crippen molar-refractivity contribution in [3.05, 3.63) is 0 Å². The van der Waals surface area contributed by atoms with Crippen molar-refractivity contribution in [1.29, 1.82) is 0 Å². The average Bonchev–Trinajstić information content (AvgIpc) is 2.54. The number of nitrogens with zero attached hydrogens (tertiary/aromatic N) is 1. The van der Waals surface area contributed by atoms with Gasteiger partial charge in [0.1, 0.15) is 13.2 Å². The largest absolute Gasteiger partial charge is 0.465 e. The van der Waals surface area contributed by atoms with Crippen molar-refractivity contribution in [2.75, 3.05) is 70.5 Å². The third kappa shape index (κ3) is 14.9. The van der Waals surface area contributed by atoms with E-state index in [1.54, 1.807) is 23.5 Å². The fraction of sp³-hybridized carbons (Fsp3) is 0.867. The fourth-order valence-corrected chi connectivity index (χ4v) is 2.23. The number of rotatable bonds is 15. The number of hydrogen-bond donors (Lipinski definition) is 1. The van der Waals surface area contributed by atoms with Crippen LogP contribution in [0.2, 0.25) is 0 Å². The standard InChI is InChI=1S/C15H30N2O4S2/c1-16-6-9-17(7-4-14(18)20-10-12-22-2)8-5-15(19)21-11-13-23-3/h16H,4-13H2,1-3H3. The van der Waals surface area contributed by atoms with Crippen LogP contribution >= 0.6 is 23.5 Å². The monoisotopic (exact) mass is 366 g/mol. The summed E-state index contributed by atoms with van der Waals surface area (Å²) in [5.41, 5.74) is 0. The van der Waals surface area contributed by atoms with E-state index in [1.807, 2.05) is 19.6 Å². The highest BCUT2D eigenvalue weighted by Crippen LogP contribution is 2.00. The van der Waals surface area contributed by atoms with Crippen molar-refractivity contribution in [2.45, 2.75) is 12.8 Å². The predicted octanol–water partition coefficient (Wildman–Crippen LogP) is 1.10. The summed E-state index contributed by atoms with van der Waals surface area (Å²) in [6, 6.07) is 0. The van der Waals surface area contributed by atoms with E-state index in [0.29, 0.717) is 39.1 Å². The molecule has 0 aromatic rings. The van der Waals surface area contributed by atoms with Crippen LogP contribution in [0.4, 0.5) is 0 Å². The minimum atomic E-state index is -0.184. The number of thioether (sulfide) groups is 2. The summed E-state index contributed by atoms with van der Waals surface area (Å²) < 4.78 is 10.3. The summed E-state index contributed by atoms with van der Waals surface area (Å²) in [6.07, 6.45) is 4.65. The van der Waals surface area contributed by atoms with Gasteiger partial charge in [-0.2, -0.15) is 23.5 Å². The molecule has 0 aromatic carbocycles. The molecule has 0 aromatic heterocycles. The number of hydrogen-bond acceptors (Lipinski definition) is 8. The van der Waals surface area contributed by atoms with Crippen molar-refractivity contribution in [1.82, 2.24) is 10.2 Å². The average molecular weight is 367 g/mol. The third-order valence-electron chi connectivity index (χ3n) is 3.04. The van der Waals surface area contributed by atoms with Crippen molar-refractivity contribution in [3.63, 3.8) is 0 Å². The Morgan fingerprint density at radius 3 is 1.78 bits per heavy atom. The Hall–Kier alpha value is -0.440. The highest BCUT2D eigenvalue weighted by molar-refractivity contribution is 7.98. The molecule has 0 bridgehead atoms. The van der Waals surface area contributed by atoms with Gasteiger partial charge in [0.15, 0.2) is 0 Å². The Labute approximate surface area is 148 Å². The first-order valence-electron chi connectivity index (χ1n) is 7.80. The van der Waals surface area contributed by atoms with Gasteiger partial charge in [0, 0.05) is 37.7 Å². The van der Waals surface area contributed by atoms with Crippen molar-refractivity contribution < 1.29 is 19.1 Å². The summed E-state index contributed by atoms with van der Waals surface area (Å²) >= 11 is 3.30. The number of esters is 2. The van der Waals surface area contributed by atoms with E-state index < -0.39 is 0 Å². The van der Waals surface area contributed by atoms with Gasteiger partial charge in [0.25, 0.3) is 0 Å². The van der Waals surface area contributed by atoms with Crippen LogP contribution in [-0.4, -0.2) is 87.3 Å². The molecule has 136 valence electrons. The molecule has 0 aliphatic heterocycles. The zero-order valence-corrected chi connectivity index (χ0v) is 16.1. The molecule has 0 unspecified atom stereocenters. The summed E-state index contributed by atoms with van der Waals surface area (Å²) in [4.78, 5) is 25.4. The van der Waals surface area contributed by atoms with Crippen LogP contribution in [0.3, 0.4) is 0 Å². The zero-order chi connectivity index (χ0) is 17.3. The lowest BCUT2D eigenvalue weighted by molar-refractivity contribution is -0.143. The second kappa shape index (κ2) is 16.4. The molecular formula is C15H30N2O4S2. The van der Waals surface area contributed by atoms with Crippen LogP contribution in [0.5, 0.6) is 0 Å². The van der Waals surface area contributed by atoms with Gasteiger partial charge in [0.2, 0.25) is 0 Å². The minimum absolute atomic E-state index is 0.184. The van der Waals surface area contributed by atoms with Gasteiger partial charge in [-0.25, -0.2) is 0 Å². The molecule has 0 fully saturated rings. The molecule has 1 N–H and O–H groups in total. The highest BCUT2D eigenvalue weighted by atomic mass is 32.2. The van der Waals surface area contributed by atoms with Gasteiger partial charge in [-0.15, -0.1) is 0 Å². The van der Waals surface area contributed by atoms with E-state index in [9.17, 15) is 9.59 Å². The van der Waals surface area contributed by atoms with E-state index >= 15 is 0 Å². The van der Waals surface area contributed by atoms with Gasteiger partial charge < -0.3 is 19.7 Å². The lowest BCUT2D eigenvalue weighted by Crippen LogP contribution is -2.34. The second-order valence-corrected chi connectivity index (χ2v) is 6.84. The molecule has 0 spiro atoms. The minimum Gasteiger partial charge on any atom is -0.465 e. The van der Waals surface area contributed by atoms with Gasteiger partial charge in [0.05, 0.1) is 12.8 Å². The molecule has 0 radical (unpaired) electrons. The van der Waals surface area contributed by atoms with E-state index in [0.717, 1.165) is 24.6 Å². The topological polar surface area (TPSA) is 67.9 Å². The first-order valence-corrected chi connectivity index (χ1v) is 10.6. The first kappa shape index (κ1) is 22.6. The lowest BCUT2D eigenvalue weighted by atomic mass is 10.3. The van der Waals surface area contributed by atoms with Gasteiger partial charge in [-0.1, -0.05) is 0 Å². The number of carbonyl (C=O) groups is 2. The Balaban J connectivity index is 4.00. The smallest absolute Gasteiger partial charge is 0.307 e. The van der Waals surface area contributed by atoms with E-state index in [-0.39, 0.29) is 11.9 Å². The third-order valence-corrected chi connectivity index (χ3v) is 4.19. The normalized spacial score (nSPS) is 10.8. The van der Waals surface area contributed by atoms with Gasteiger partial charge in [-0.3, -0.25) is 9.59 Å². The van der Waals surface area contributed by atoms with Gasteiger partial charge >= 0.3 is 11.9 Å². The second-order valence-electron chi connectivity index (χ2n) is 4.87. The van der Waals surface area contributed by atoms with Gasteiger partial charge in [-0.05, 0) is 19.6 Å². The highest BCUT2D eigenvalue weighted by Gasteiger charge is 2.11. The number of ether oxygens (including phenoxy) is 2. The summed E-state index contributed by atoms with van der Waals surface area (Å²) in [5, 5.41) is 3.08.